The number of hydrogen-bond donors (Lipinski definition) is 1. The van der Waals surface area contributed by atoms with Gasteiger partial charge in [0.2, 0.25) is 0 Å². The third-order valence-electron chi connectivity index (χ3n) is 3.54. The predicted molar refractivity (Wildman–Crippen MR) is 89.3 cm³/mol. The van der Waals surface area contributed by atoms with Gasteiger partial charge in [0.05, 0.1) is 13.2 Å². The molecule has 2 unspecified atom stereocenters. The average molecular weight is 293 g/mol. The van der Waals surface area contributed by atoms with Gasteiger partial charge in [0, 0.05) is 12.1 Å². The maximum atomic E-state index is 5.85. The summed E-state index contributed by atoms with van der Waals surface area (Å²) in [7, 11) is 0. The van der Waals surface area contributed by atoms with E-state index >= 15 is 0 Å². The lowest BCUT2D eigenvalue weighted by atomic mass is 10.1. The molecule has 0 aliphatic carbocycles. The Balaban J connectivity index is 2.86. The molecule has 3 nitrogen and oxygen atoms in total. The number of nitrogens with one attached hydrogen (secondary N) is 1. The zero-order chi connectivity index (χ0) is 15.7. The third kappa shape index (κ3) is 5.96. The first-order chi connectivity index (χ1) is 10.1. The third-order valence-corrected chi connectivity index (χ3v) is 3.54. The molecule has 0 saturated carbocycles. The molecule has 0 aromatic heterocycles. The van der Waals surface area contributed by atoms with Crippen molar-refractivity contribution in [2.24, 2.45) is 0 Å². The second kappa shape index (κ2) is 9.67. The summed E-state index contributed by atoms with van der Waals surface area (Å²) in [5.41, 5.74) is 1.24. The fourth-order valence-corrected chi connectivity index (χ4v) is 2.09. The molecule has 0 saturated heterocycles. The zero-order valence-corrected chi connectivity index (χ0v) is 14.2. The van der Waals surface area contributed by atoms with Crippen LogP contribution in [0.4, 0.5) is 0 Å². The van der Waals surface area contributed by atoms with Gasteiger partial charge in [-0.2, -0.15) is 0 Å². The van der Waals surface area contributed by atoms with Gasteiger partial charge in [-0.25, -0.2) is 0 Å². The highest BCUT2D eigenvalue weighted by Gasteiger charge is 2.12. The molecular weight excluding hydrogens is 262 g/mol. The van der Waals surface area contributed by atoms with Crippen LogP contribution in [-0.2, 0) is 0 Å². The van der Waals surface area contributed by atoms with Gasteiger partial charge in [0.25, 0.3) is 0 Å². The first-order valence-electron chi connectivity index (χ1n) is 8.27. The molecule has 3 heteroatoms. The quantitative estimate of drug-likeness (QED) is 0.677. The smallest absolute Gasteiger partial charge is 0.161 e. The summed E-state index contributed by atoms with van der Waals surface area (Å²) in [6.07, 6.45) is 3.13. The van der Waals surface area contributed by atoms with Crippen molar-refractivity contribution in [1.29, 1.82) is 0 Å². The van der Waals surface area contributed by atoms with E-state index < -0.39 is 0 Å². The molecule has 0 fully saturated rings. The van der Waals surface area contributed by atoms with Crippen molar-refractivity contribution >= 4 is 0 Å². The van der Waals surface area contributed by atoms with Crippen molar-refractivity contribution in [3.05, 3.63) is 23.8 Å². The Morgan fingerprint density at radius 1 is 0.952 bits per heavy atom. The van der Waals surface area contributed by atoms with Gasteiger partial charge in [-0.15, -0.1) is 0 Å². The van der Waals surface area contributed by atoms with Gasteiger partial charge < -0.3 is 14.8 Å². The lowest BCUT2D eigenvalue weighted by molar-refractivity contribution is 0.268. The fraction of sp³-hybridized carbons (Fsp3) is 0.667. The zero-order valence-electron chi connectivity index (χ0n) is 14.2. The van der Waals surface area contributed by atoms with Crippen LogP contribution >= 0.6 is 0 Å². The first kappa shape index (κ1) is 17.8. The van der Waals surface area contributed by atoms with Crippen LogP contribution in [-0.4, -0.2) is 19.3 Å². The molecule has 2 atom stereocenters. The van der Waals surface area contributed by atoms with Gasteiger partial charge in [0.1, 0.15) is 0 Å². The molecule has 0 bridgehead atoms. The van der Waals surface area contributed by atoms with E-state index in [4.69, 9.17) is 9.47 Å². The summed E-state index contributed by atoms with van der Waals surface area (Å²) in [5, 5.41) is 3.60. The standard InChI is InChI=1S/C18H31NO2/c1-6-11-20-17-10-9-16(13-18(17)21-12-7-2)15(5)19-14(4)8-3/h9-10,13-15,19H,6-8,11-12H2,1-5H3. The Morgan fingerprint density at radius 3 is 2.14 bits per heavy atom. The number of hydrogen-bond acceptors (Lipinski definition) is 3. The minimum Gasteiger partial charge on any atom is -0.490 e. The second-order valence-corrected chi connectivity index (χ2v) is 5.60. The molecular formula is C18H31NO2. The molecule has 120 valence electrons. The van der Waals surface area contributed by atoms with E-state index in [0.29, 0.717) is 12.1 Å². The summed E-state index contributed by atoms with van der Waals surface area (Å²) in [6, 6.07) is 7.09. The molecule has 1 N–H and O–H groups in total. The van der Waals surface area contributed by atoms with Gasteiger partial charge >= 0.3 is 0 Å². The van der Waals surface area contributed by atoms with Crippen molar-refractivity contribution in [3.8, 4) is 11.5 Å². The van der Waals surface area contributed by atoms with Gasteiger partial charge in [-0.3, -0.25) is 0 Å². The lowest BCUT2D eigenvalue weighted by Crippen LogP contribution is -2.28. The molecule has 0 radical (unpaired) electrons. The highest BCUT2D eigenvalue weighted by Crippen LogP contribution is 2.31. The van der Waals surface area contributed by atoms with E-state index in [2.05, 4.69) is 52.1 Å². The van der Waals surface area contributed by atoms with Crippen LogP contribution in [0.5, 0.6) is 11.5 Å². The number of ether oxygens (including phenoxy) is 2. The van der Waals surface area contributed by atoms with Gasteiger partial charge in [0.15, 0.2) is 11.5 Å². The summed E-state index contributed by atoms with van der Waals surface area (Å²) in [5.74, 6) is 1.71. The molecule has 0 aliphatic heterocycles. The lowest BCUT2D eigenvalue weighted by Gasteiger charge is -2.21. The molecule has 1 aromatic carbocycles. The highest BCUT2D eigenvalue weighted by atomic mass is 16.5. The second-order valence-electron chi connectivity index (χ2n) is 5.60. The molecule has 0 aliphatic rings. The maximum Gasteiger partial charge on any atom is 0.161 e. The minimum absolute atomic E-state index is 0.309. The molecule has 0 spiro atoms. The van der Waals surface area contributed by atoms with Crippen molar-refractivity contribution < 1.29 is 9.47 Å². The SMILES string of the molecule is CCCOc1ccc(C(C)NC(C)CC)cc1OCCC. The van der Waals surface area contributed by atoms with Crippen molar-refractivity contribution in [2.45, 2.75) is 66.0 Å². The highest BCUT2D eigenvalue weighted by molar-refractivity contribution is 5.43. The van der Waals surface area contributed by atoms with Gasteiger partial charge in [-0.1, -0.05) is 26.8 Å². The summed E-state index contributed by atoms with van der Waals surface area (Å²) in [6.45, 7) is 12.3. The fourth-order valence-electron chi connectivity index (χ4n) is 2.09. The summed E-state index contributed by atoms with van der Waals surface area (Å²) in [4.78, 5) is 0. The average Bonchev–Trinajstić information content (AvgIpc) is 2.50. The molecule has 1 aromatic rings. The van der Waals surface area contributed by atoms with Gasteiger partial charge in [-0.05, 0) is 50.8 Å². The van der Waals surface area contributed by atoms with Crippen LogP contribution in [0.3, 0.4) is 0 Å². The van der Waals surface area contributed by atoms with Crippen LogP contribution in [0.25, 0.3) is 0 Å². The number of rotatable bonds is 10. The van der Waals surface area contributed by atoms with Crippen LogP contribution in [0, 0.1) is 0 Å². The Hall–Kier alpha value is -1.22. The van der Waals surface area contributed by atoms with E-state index in [1.807, 2.05) is 6.07 Å². The maximum absolute atomic E-state index is 5.85. The normalized spacial score (nSPS) is 13.8. The largest absolute Gasteiger partial charge is 0.490 e. The molecule has 0 amide bonds. The van der Waals surface area contributed by atoms with E-state index in [9.17, 15) is 0 Å². The van der Waals surface area contributed by atoms with E-state index in [1.165, 1.54) is 5.56 Å². The summed E-state index contributed by atoms with van der Waals surface area (Å²) >= 11 is 0. The predicted octanol–water partition coefficient (Wildman–Crippen LogP) is 4.71. The minimum atomic E-state index is 0.309. The summed E-state index contributed by atoms with van der Waals surface area (Å²) < 4.78 is 11.6. The molecule has 21 heavy (non-hydrogen) atoms. The Bertz CT molecular complexity index is 406. The van der Waals surface area contributed by atoms with E-state index in [0.717, 1.165) is 44.0 Å². The van der Waals surface area contributed by atoms with Crippen LogP contribution < -0.4 is 14.8 Å². The van der Waals surface area contributed by atoms with Crippen molar-refractivity contribution in [3.63, 3.8) is 0 Å². The Morgan fingerprint density at radius 2 is 1.57 bits per heavy atom. The van der Waals surface area contributed by atoms with E-state index in [-0.39, 0.29) is 0 Å². The monoisotopic (exact) mass is 293 g/mol. The topological polar surface area (TPSA) is 30.5 Å². The Labute approximate surface area is 130 Å². The molecule has 0 heterocycles. The van der Waals surface area contributed by atoms with Crippen LogP contribution in [0.15, 0.2) is 18.2 Å². The van der Waals surface area contributed by atoms with Crippen molar-refractivity contribution in [1.82, 2.24) is 5.32 Å². The molecule has 1 rings (SSSR count). The van der Waals surface area contributed by atoms with Crippen LogP contribution in [0.2, 0.25) is 0 Å². The van der Waals surface area contributed by atoms with Crippen LogP contribution in [0.1, 0.15) is 65.5 Å². The van der Waals surface area contributed by atoms with E-state index in [1.54, 1.807) is 0 Å². The van der Waals surface area contributed by atoms with Crippen molar-refractivity contribution in [2.75, 3.05) is 13.2 Å². The number of benzene rings is 1. The Kier molecular flexibility index (Phi) is 8.21. The first-order valence-corrected chi connectivity index (χ1v) is 8.27.